The summed E-state index contributed by atoms with van der Waals surface area (Å²) in [6.07, 6.45) is 5.13. The quantitative estimate of drug-likeness (QED) is 0.551. The molecule has 90 valence electrons. The molecule has 0 aromatic carbocycles. The van der Waals surface area contributed by atoms with Gasteiger partial charge >= 0.3 is 0 Å². The maximum absolute atomic E-state index is 9.16. The summed E-state index contributed by atoms with van der Waals surface area (Å²) in [7, 11) is 0. The first kappa shape index (κ1) is 13.2. The summed E-state index contributed by atoms with van der Waals surface area (Å²) in [4.78, 5) is 0. The molecule has 3 atom stereocenters. The lowest BCUT2D eigenvalue weighted by atomic mass is 9.80. The van der Waals surface area contributed by atoms with E-state index in [2.05, 4.69) is 31.3 Å². The molecule has 0 aromatic heterocycles. The van der Waals surface area contributed by atoms with Crippen LogP contribution in [-0.4, -0.2) is 24.3 Å². The molecule has 0 aromatic rings. The van der Waals surface area contributed by atoms with E-state index in [1.807, 2.05) is 0 Å². The third-order valence-corrected chi connectivity index (χ3v) is 3.14. The maximum atomic E-state index is 9.16. The number of aliphatic hydroxyl groups excluding tert-OH is 1. The summed E-state index contributed by atoms with van der Waals surface area (Å²) in [5.74, 6) is 0.998. The fraction of sp³-hybridized carbons (Fsp3) is 0.769. The molecule has 0 aliphatic heterocycles. The lowest BCUT2D eigenvalue weighted by Gasteiger charge is -2.29. The Morgan fingerprint density at radius 1 is 1.69 bits per heavy atom. The number of nitriles is 1. The number of hydrogen-bond donors (Lipinski definition) is 2. The van der Waals surface area contributed by atoms with E-state index in [1.54, 1.807) is 0 Å². The Bertz CT molecular complexity index is 280. The predicted octanol–water partition coefficient (Wildman–Crippen LogP) is 1.84. The molecule has 16 heavy (non-hydrogen) atoms. The summed E-state index contributed by atoms with van der Waals surface area (Å²) in [6.45, 7) is 5.26. The van der Waals surface area contributed by atoms with Crippen molar-refractivity contribution in [3.8, 4) is 6.07 Å². The first-order valence-corrected chi connectivity index (χ1v) is 6.08. The molecule has 0 radical (unpaired) electrons. The largest absolute Gasteiger partial charge is 0.396 e. The van der Waals surface area contributed by atoms with Gasteiger partial charge in [-0.05, 0) is 44.6 Å². The van der Waals surface area contributed by atoms with Crippen LogP contribution in [0.2, 0.25) is 0 Å². The van der Waals surface area contributed by atoms with Crippen LogP contribution in [0.1, 0.15) is 33.1 Å². The van der Waals surface area contributed by atoms with E-state index in [0.717, 1.165) is 25.8 Å². The van der Waals surface area contributed by atoms with Crippen LogP contribution in [0, 0.1) is 23.2 Å². The van der Waals surface area contributed by atoms with Crippen molar-refractivity contribution in [2.24, 2.45) is 11.8 Å². The van der Waals surface area contributed by atoms with E-state index in [1.165, 1.54) is 5.57 Å². The highest BCUT2D eigenvalue weighted by molar-refractivity contribution is 5.10. The van der Waals surface area contributed by atoms with Gasteiger partial charge in [0, 0.05) is 6.61 Å². The van der Waals surface area contributed by atoms with Crippen molar-refractivity contribution in [2.75, 3.05) is 13.2 Å². The van der Waals surface area contributed by atoms with Crippen LogP contribution in [-0.2, 0) is 0 Å². The van der Waals surface area contributed by atoms with Crippen LogP contribution >= 0.6 is 0 Å². The molecule has 1 aliphatic carbocycles. The van der Waals surface area contributed by atoms with Gasteiger partial charge in [-0.1, -0.05) is 18.6 Å². The van der Waals surface area contributed by atoms with Gasteiger partial charge in [0.15, 0.2) is 0 Å². The van der Waals surface area contributed by atoms with Crippen LogP contribution in [0.25, 0.3) is 0 Å². The first-order chi connectivity index (χ1) is 7.67. The average molecular weight is 222 g/mol. The third-order valence-electron chi connectivity index (χ3n) is 3.14. The highest BCUT2D eigenvalue weighted by atomic mass is 16.3. The van der Waals surface area contributed by atoms with Crippen LogP contribution in [0.15, 0.2) is 11.6 Å². The summed E-state index contributed by atoms with van der Waals surface area (Å²) >= 11 is 0. The topological polar surface area (TPSA) is 56.0 Å². The molecule has 0 saturated carbocycles. The lowest BCUT2D eigenvalue weighted by molar-refractivity contribution is 0.276. The SMILES string of the molecule is CC1=CC(C)CC(C(C#N)NCCCO)C1. The minimum absolute atomic E-state index is 0.0716. The summed E-state index contributed by atoms with van der Waals surface area (Å²) in [5, 5.41) is 21.1. The Balaban J connectivity index is 2.48. The molecule has 0 heterocycles. The Kier molecular flexibility index (Phi) is 5.51. The van der Waals surface area contributed by atoms with Crippen molar-refractivity contribution in [1.29, 1.82) is 5.26 Å². The Morgan fingerprint density at radius 3 is 3.00 bits per heavy atom. The standard InChI is InChI=1S/C13H22N2O/c1-10-6-11(2)8-12(7-10)13(9-14)15-4-3-5-16/h6,10,12-13,15-16H,3-5,7-8H2,1-2H3. The molecule has 1 aliphatic rings. The number of nitrogens with zero attached hydrogens (tertiary/aromatic N) is 1. The first-order valence-electron chi connectivity index (χ1n) is 6.08. The van der Waals surface area contributed by atoms with Crippen LogP contribution in [0.5, 0.6) is 0 Å². The zero-order valence-electron chi connectivity index (χ0n) is 10.2. The van der Waals surface area contributed by atoms with Crippen LogP contribution in [0.3, 0.4) is 0 Å². The minimum atomic E-state index is -0.0716. The number of hydrogen-bond acceptors (Lipinski definition) is 3. The normalized spacial score (nSPS) is 27.0. The monoisotopic (exact) mass is 222 g/mol. The molecular formula is C13H22N2O. The Morgan fingerprint density at radius 2 is 2.44 bits per heavy atom. The van der Waals surface area contributed by atoms with Crippen molar-refractivity contribution in [3.63, 3.8) is 0 Å². The molecule has 2 N–H and O–H groups in total. The van der Waals surface area contributed by atoms with Gasteiger partial charge in [0.2, 0.25) is 0 Å². The summed E-state index contributed by atoms with van der Waals surface area (Å²) in [6, 6.07) is 2.28. The van der Waals surface area contributed by atoms with Gasteiger partial charge in [0.1, 0.15) is 0 Å². The number of rotatable bonds is 5. The van der Waals surface area contributed by atoms with Gasteiger partial charge in [-0.25, -0.2) is 0 Å². The third kappa shape index (κ3) is 3.96. The lowest BCUT2D eigenvalue weighted by Crippen LogP contribution is -2.37. The van der Waals surface area contributed by atoms with E-state index in [0.29, 0.717) is 11.8 Å². The maximum Gasteiger partial charge on any atom is 0.0984 e. The van der Waals surface area contributed by atoms with Gasteiger partial charge < -0.3 is 10.4 Å². The van der Waals surface area contributed by atoms with E-state index < -0.39 is 0 Å². The van der Waals surface area contributed by atoms with Gasteiger partial charge in [0.25, 0.3) is 0 Å². The highest BCUT2D eigenvalue weighted by Crippen LogP contribution is 2.29. The summed E-state index contributed by atoms with van der Waals surface area (Å²) < 4.78 is 0. The zero-order valence-corrected chi connectivity index (χ0v) is 10.2. The smallest absolute Gasteiger partial charge is 0.0984 e. The van der Waals surface area contributed by atoms with Crippen molar-refractivity contribution in [3.05, 3.63) is 11.6 Å². The molecule has 0 fully saturated rings. The van der Waals surface area contributed by atoms with Crippen molar-refractivity contribution in [1.82, 2.24) is 5.32 Å². The van der Waals surface area contributed by atoms with E-state index >= 15 is 0 Å². The summed E-state index contributed by atoms with van der Waals surface area (Å²) in [5.41, 5.74) is 1.40. The Labute approximate surface area is 98.2 Å². The fourth-order valence-electron chi connectivity index (χ4n) is 2.50. The number of nitrogens with one attached hydrogen (secondary N) is 1. The molecule has 0 bridgehead atoms. The van der Waals surface area contributed by atoms with E-state index in [-0.39, 0.29) is 12.6 Å². The molecule has 0 saturated heterocycles. The minimum Gasteiger partial charge on any atom is -0.396 e. The van der Waals surface area contributed by atoms with Crippen molar-refractivity contribution >= 4 is 0 Å². The predicted molar refractivity (Wildman–Crippen MR) is 64.8 cm³/mol. The molecule has 0 amide bonds. The zero-order chi connectivity index (χ0) is 12.0. The van der Waals surface area contributed by atoms with Gasteiger partial charge in [0.05, 0.1) is 12.1 Å². The Hall–Kier alpha value is -0.850. The molecule has 3 unspecified atom stereocenters. The van der Waals surface area contributed by atoms with Gasteiger partial charge in [-0.2, -0.15) is 5.26 Å². The van der Waals surface area contributed by atoms with E-state index in [9.17, 15) is 0 Å². The second kappa shape index (κ2) is 6.67. The molecule has 1 rings (SSSR count). The van der Waals surface area contributed by atoms with Crippen molar-refractivity contribution < 1.29 is 5.11 Å². The average Bonchev–Trinajstić information content (AvgIpc) is 2.23. The second-order valence-electron chi connectivity index (χ2n) is 4.83. The fourth-order valence-corrected chi connectivity index (χ4v) is 2.50. The second-order valence-corrected chi connectivity index (χ2v) is 4.83. The number of allylic oxidation sites excluding steroid dienone is 2. The van der Waals surface area contributed by atoms with Gasteiger partial charge in [-0.15, -0.1) is 0 Å². The van der Waals surface area contributed by atoms with Crippen LogP contribution < -0.4 is 5.32 Å². The molecular weight excluding hydrogens is 200 g/mol. The van der Waals surface area contributed by atoms with Crippen molar-refractivity contribution in [2.45, 2.75) is 39.2 Å². The highest BCUT2D eigenvalue weighted by Gasteiger charge is 2.25. The van der Waals surface area contributed by atoms with Crippen LogP contribution in [0.4, 0.5) is 0 Å². The number of aliphatic hydroxyl groups is 1. The molecule has 3 nitrogen and oxygen atoms in total. The molecule has 3 heteroatoms. The van der Waals surface area contributed by atoms with Gasteiger partial charge in [-0.3, -0.25) is 0 Å². The molecule has 0 spiro atoms. The van der Waals surface area contributed by atoms with E-state index in [4.69, 9.17) is 10.4 Å².